The highest BCUT2D eigenvalue weighted by Crippen LogP contribution is 2.21. The topological polar surface area (TPSA) is 90.4 Å². The average Bonchev–Trinajstić information content (AvgIpc) is 3.10. The van der Waals surface area contributed by atoms with E-state index in [1.54, 1.807) is 32.9 Å². The van der Waals surface area contributed by atoms with E-state index in [1.165, 1.54) is 0 Å². The van der Waals surface area contributed by atoms with Gasteiger partial charge in [-0.15, -0.1) is 6.58 Å². The van der Waals surface area contributed by atoms with Crippen molar-refractivity contribution in [2.45, 2.75) is 41.2 Å². The zero-order chi connectivity index (χ0) is 21.0. The van der Waals surface area contributed by atoms with Crippen molar-refractivity contribution in [2.75, 3.05) is 13.2 Å². The predicted octanol–water partition coefficient (Wildman–Crippen LogP) is 3.45. The molecule has 0 aliphatic rings. The summed E-state index contributed by atoms with van der Waals surface area (Å²) in [5.74, 6) is -1.48. The number of aromatic amines is 1. The summed E-state index contributed by atoms with van der Waals surface area (Å²) < 4.78 is 12.2. The molecule has 0 unspecified atom stereocenters. The van der Waals surface area contributed by atoms with E-state index in [4.69, 9.17) is 9.47 Å². The molecule has 1 N–H and O–H groups in total. The van der Waals surface area contributed by atoms with Crippen LogP contribution in [-0.2, 0) is 16.0 Å². The third-order valence-electron chi connectivity index (χ3n) is 4.64. The first kappa shape index (κ1) is 21.2. The second-order valence-corrected chi connectivity index (χ2v) is 6.53. The molecule has 0 aromatic carbocycles. The lowest BCUT2D eigenvalue weighted by Gasteiger charge is -2.07. The Hall–Kier alpha value is -3.09. The molecule has 0 amide bonds. The molecule has 0 saturated heterocycles. The van der Waals surface area contributed by atoms with Gasteiger partial charge < -0.3 is 19.0 Å². The Labute approximate surface area is 164 Å². The minimum absolute atomic E-state index is 0.214. The molecular weight excluding hydrogens is 360 g/mol. The van der Waals surface area contributed by atoms with E-state index in [0.717, 1.165) is 11.4 Å². The number of H-pyrrole nitrogens is 1. The Morgan fingerprint density at radius 2 is 1.82 bits per heavy atom. The van der Waals surface area contributed by atoms with Crippen LogP contribution in [0.3, 0.4) is 0 Å². The number of aromatic nitrogens is 2. The Morgan fingerprint density at radius 3 is 2.43 bits per heavy atom. The van der Waals surface area contributed by atoms with Gasteiger partial charge in [0.25, 0.3) is 0 Å². The third kappa shape index (κ3) is 4.08. The summed E-state index contributed by atoms with van der Waals surface area (Å²) in [4.78, 5) is 39.9. The van der Waals surface area contributed by atoms with E-state index in [0.29, 0.717) is 23.4 Å². The standard InChI is InChI=1S/C21H26N2O5/c1-7-9-23-12(3)10-16(15(23)6)17(24)11-28-20(25)18-13(4)19(22-14(18)5)21(26)27-8-2/h7,10,22H,1,8-9,11H2,2-6H3. The zero-order valence-corrected chi connectivity index (χ0v) is 17.0. The van der Waals surface area contributed by atoms with Crippen LogP contribution in [0.15, 0.2) is 18.7 Å². The van der Waals surface area contributed by atoms with Gasteiger partial charge in [-0.1, -0.05) is 6.08 Å². The number of esters is 2. The zero-order valence-electron chi connectivity index (χ0n) is 17.0. The lowest BCUT2D eigenvalue weighted by Crippen LogP contribution is -2.16. The van der Waals surface area contributed by atoms with E-state index in [1.807, 2.05) is 18.4 Å². The molecule has 7 nitrogen and oxygen atoms in total. The maximum absolute atomic E-state index is 12.5. The smallest absolute Gasteiger partial charge is 0.355 e. The predicted molar refractivity (Wildman–Crippen MR) is 105 cm³/mol. The molecule has 0 spiro atoms. The van der Waals surface area contributed by atoms with Gasteiger partial charge in [0.15, 0.2) is 6.61 Å². The Morgan fingerprint density at radius 1 is 1.14 bits per heavy atom. The van der Waals surface area contributed by atoms with Crippen LogP contribution in [0.1, 0.15) is 60.8 Å². The van der Waals surface area contributed by atoms with Crippen molar-refractivity contribution in [2.24, 2.45) is 0 Å². The summed E-state index contributed by atoms with van der Waals surface area (Å²) in [5.41, 5.74) is 3.64. The van der Waals surface area contributed by atoms with E-state index in [-0.39, 0.29) is 30.3 Å². The van der Waals surface area contributed by atoms with Crippen molar-refractivity contribution in [3.8, 4) is 0 Å². The van der Waals surface area contributed by atoms with Gasteiger partial charge >= 0.3 is 11.9 Å². The van der Waals surface area contributed by atoms with Crippen LogP contribution < -0.4 is 0 Å². The molecular formula is C21H26N2O5. The molecule has 28 heavy (non-hydrogen) atoms. The number of ketones is 1. The molecule has 150 valence electrons. The van der Waals surface area contributed by atoms with Gasteiger partial charge in [0.1, 0.15) is 5.69 Å². The lowest BCUT2D eigenvalue weighted by atomic mass is 10.1. The van der Waals surface area contributed by atoms with Crippen LogP contribution >= 0.6 is 0 Å². The molecule has 7 heteroatoms. The van der Waals surface area contributed by atoms with E-state index in [9.17, 15) is 14.4 Å². The highest BCUT2D eigenvalue weighted by atomic mass is 16.5. The van der Waals surface area contributed by atoms with Gasteiger partial charge in [-0.05, 0) is 46.2 Å². The quantitative estimate of drug-likeness (QED) is 0.426. The SMILES string of the molecule is C=CCn1c(C)cc(C(=O)COC(=O)c2c(C)[nH]c(C(=O)OCC)c2C)c1C. The molecule has 0 aliphatic heterocycles. The Kier molecular flexibility index (Phi) is 6.62. The number of carbonyl (C=O) groups is 3. The summed E-state index contributed by atoms with van der Waals surface area (Å²) in [6, 6.07) is 1.78. The molecule has 2 heterocycles. The first-order chi connectivity index (χ1) is 13.2. The number of hydrogen-bond donors (Lipinski definition) is 1. The largest absolute Gasteiger partial charge is 0.461 e. The van der Waals surface area contributed by atoms with E-state index in [2.05, 4.69) is 11.6 Å². The van der Waals surface area contributed by atoms with Crippen molar-refractivity contribution in [1.82, 2.24) is 9.55 Å². The summed E-state index contributed by atoms with van der Waals surface area (Å²) in [7, 11) is 0. The van der Waals surface area contributed by atoms with Crippen molar-refractivity contribution >= 4 is 17.7 Å². The first-order valence-electron chi connectivity index (χ1n) is 9.07. The molecule has 2 rings (SSSR count). The number of hydrogen-bond acceptors (Lipinski definition) is 5. The minimum Gasteiger partial charge on any atom is -0.461 e. The molecule has 2 aromatic heterocycles. The van der Waals surface area contributed by atoms with Crippen LogP contribution in [0.5, 0.6) is 0 Å². The maximum atomic E-state index is 12.5. The van der Waals surface area contributed by atoms with Gasteiger partial charge in [0.2, 0.25) is 5.78 Å². The molecule has 2 aromatic rings. The van der Waals surface area contributed by atoms with Gasteiger partial charge in [-0.25, -0.2) is 9.59 Å². The highest BCUT2D eigenvalue weighted by Gasteiger charge is 2.25. The summed E-state index contributed by atoms with van der Waals surface area (Å²) in [6.07, 6.45) is 1.76. The molecule has 0 saturated carbocycles. The molecule has 0 aliphatic carbocycles. The number of aryl methyl sites for hydroxylation is 2. The van der Waals surface area contributed by atoms with Crippen molar-refractivity contribution < 1.29 is 23.9 Å². The average molecular weight is 386 g/mol. The van der Waals surface area contributed by atoms with E-state index >= 15 is 0 Å². The minimum atomic E-state index is -0.657. The number of rotatable bonds is 8. The Bertz CT molecular complexity index is 933. The second-order valence-electron chi connectivity index (χ2n) is 6.53. The lowest BCUT2D eigenvalue weighted by molar-refractivity contribution is 0.0473. The second kappa shape index (κ2) is 8.73. The number of ether oxygens (including phenoxy) is 2. The summed E-state index contributed by atoms with van der Waals surface area (Å²) in [5, 5.41) is 0. The number of allylic oxidation sites excluding steroid dienone is 1. The van der Waals surface area contributed by atoms with Gasteiger partial charge in [-0.3, -0.25) is 4.79 Å². The molecule has 0 bridgehead atoms. The van der Waals surface area contributed by atoms with Crippen LogP contribution in [-0.4, -0.2) is 40.5 Å². The van der Waals surface area contributed by atoms with Gasteiger partial charge in [-0.2, -0.15) is 0 Å². The number of carbonyl (C=O) groups excluding carboxylic acids is 3. The van der Waals surface area contributed by atoms with Crippen LogP contribution in [0.2, 0.25) is 0 Å². The van der Waals surface area contributed by atoms with Gasteiger partial charge in [0.05, 0.1) is 12.2 Å². The fourth-order valence-corrected chi connectivity index (χ4v) is 3.24. The maximum Gasteiger partial charge on any atom is 0.355 e. The monoisotopic (exact) mass is 386 g/mol. The van der Waals surface area contributed by atoms with Crippen molar-refractivity contribution in [1.29, 1.82) is 0 Å². The first-order valence-corrected chi connectivity index (χ1v) is 9.07. The number of Topliss-reactive ketones (excluding diaryl/α,β-unsaturated/α-hetero) is 1. The molecule has 0 radical (unpaired) electrons. The highest BCUT2D eigenvalue weighted by molar-refractivity contribution is 6.02. The Balaban J connectivity index is 2.15. The van der Waals surface area contributed by atoms with Crippen LogP contribution in [0.25, 0.3) is 0 Å². The summed E-state index contributed by atoms with van der Waals surface area (Å²) >= 11 is 0. The normalized spacial score (nSPS) is 10.6. The van der Waals surface area contributed by atoms with E-state index < -0.39 is 11.9 Å². The molecule has 0 fully saturated rings. The van der Waals surface area contributed by atoms with Crippen molar-refractivity contribution in [3.63, 3.8) is 0 Å². The van der Waals surface area contributed by atoms with Crippen LogP contribution in [0.4, 0.5) is 0 Å². The number of nitrogens with one attached hydrogen (secondary N) is 1. The van der Waals surface area contributed by atoms with Crippen molar-refractivity contribution in [3.05, 3.63) is 58.2 Å². The third-order valence-corrected chi connectivity index (χ3v) is 4.64. The fraction of sp³-hybridized carbons (Fsp3) is 0.381. The number of nitrogens with zero attached hydrogens (tertiary/aromatic N) is 1. The van der Waals surface area contributed by atoms with Crippen LogP contribution in [0, 0.1) is 27.7 Å². The fourth-order valence-electron chi connectivity index (χ4n) is 3.24. The van der Waals surface area contributed by atoms with Gasteiger partial charge in [0, 0.05) is 29.2 Å². The molecule has 0 atom stereocenters. The summed E-state index contributed by atoms with van der Waals surface area (Å²) in [6.45, 7) is 12.9.